The smallest absolute Gasteiger partial charge is 0.308 e. The predicted molar refractivity (Wildman–Crippen MR) is 77.2 cm³/mol. The lowest BCUT2D eigenvalue weighted by Gasteiger charge is -2.07. The minimum absolute atomic E-state index is 0.0921. The number of amides is 2. The number of nitro benzene ring substituents is 1. The zero-order valence-electron chi connectivity index (χ0n) is 10.2. The molecule has 0 aliphatic heterocycles. The third kappa shape index (κ3) is 3.69. The Kier molecular flexibility index (Phi) is 4.17. The number of nitro groups is 1. The van der Waals surface area contributed by atoms with Crippen molar-refractivity contribution >= 4 is 34.7 Å². The Labute approximate surface area is 119 Å². The van der Waals surface area contributed by atoms with Crippen LogP contribution in [0.1, 0.15) is 0 Å². The summed E-state index contributed by atoms with van der Waals surface area (Å²) in [7, 11) is 0. The fraction of sp³-hybridized carbons (Fsp3) is 0. The largest absolute Gasteiger partial charge is 0.323 e. The minimum atomic E-state index is -0.528. The maximum Gasteiger partial charge on any atom is 0.323 e. The molecule has 0 fully saturated rings. The first kappa shape index (κ1) is 13.8. The number of carbonyl (C=O) groups is 1. The van der Waals surface area contributed by atoms with Crippen molar-refractivity contribution in [3.05, 3.63) is 63.7 Å². The Hall–Kier alpha value is -2.60. The molecule has 0 atom stereocenters. The van der Waals surface area contributed by atoms with Gasteiger partial charge in [-0.3, -0.25) is 10.1 Å². The van der Waals surface area contributed by atoms with E-state index in [-0.39, 0.29) is 5.69 Å². The Morgan fingerprint density at radius 1 is 1.05 bits per heavy atom. The van der Waals surface area contributed by atoms with Crippen LogP contribution in [0.4, 0.5) is 21.9 Å². The van der Waals surface area contributed by atoms with E-state index in [1.54, 1.807) is 30.3 Å². The number of nitrogens with one attached hydrogen (secondary N) is 2. The average molecular weight is 292 g/mol. The van der Waals surface area contributed by atoms with Gasteiger partial charge in [-0.2, -0.15) is 0 Å². The molecule has 0 aliphatic carbocycles. The summed E-state index contributed by atoms with van der Waals surface area (Å²) in [5.41, 5.74) is 0.768. The number of carbonyl (C=O) groups excluding carboxylic acids is 1. The van der Waals surface area contributed by atoms with Crippen molar-refractivity contribution in [1.82, 2.24) is 0 Å². The third-order valence-corrected chi connectivity index (χ3v) is 2.63. The second-order valence-corrected chi connectivity index (χ2v) is 4.33. The van der Waals surface area contributed by atoms with E-state index >= 15 is 0 Å². The molecule has 20 heavy (non-hydrogen) atoms. The van der Waals surface area contributed by atoms with Gasteiger partial charge >= 0.3 is 6.03 Å². The van der Waals surface area contributed by atoms with Crippen LogP contribution in [0.25, 0.3) is 0 Å². The number of benzene rings is 2. The van der Waals surface area contributed by atoms with E-state index in [2.05, 4.69) is 10.6 Å². The highest BCUT2D eigenvalue weighted by molar-refractivity contribution is 6.30. The van der Waals surface area contributed by atoms with Gasteiger partial charge in [0.15, 0.2) is 0 Å². The van der Waals surface area contributed by atoms with Crippen molar-refractivity contribution in [3.63, 3.8) is 0 Å². The zero-order chi connectivity index (χ0) is 14.5. The molecule has 2 N–H and O–H groups in total. The molecule has 0 unspecified atom stereocenters. The first-order valence-corrected chi connectivity index (χ1v) is 6.00. The van der Waals surface area contributed by atoms with Crippen molar-refractivity contribution in [2.75, 3.05) is 10.6 Å². The lowest BCUT2D eigenvalue weighted by atomic mass is 10.3. The molecule has 0 aromatic heterocycles. The molecule has 0 aliphatic rings. The Morgan fingerprint density at radius 3 is 2.25 bits per heavy atom. The van der Waals surface area contributed by atoms with Crippen molar-refractivity contribution < 1.29 is 9.72 Å². The molecular weight excluding hydrogens is 282 g/mol. The molecule has 0 saturated heterocycles. The number of nitrogens with zero attached hydrogens (tertiary/aromatic N) is 1. The Bertz CT molecular complexity index is 661. The number of non-ortho nitro benzene ring substituents is 1. The molecule has 0 saturated carbocycles. The summed E-state index contributed by atoms with van der Waals surface area (Å²) in [4.78, 5) is 21.8. The summed E-state index contributed by atoms with van der Waals surface area (Å²) in [6.07, 6.45) is 0. The summed E-state index contributed by atoms with van der Waals surface area (Å²) in [5.74, 6) is 0. The van der Waals surface area contributed by atoms with Gasteiger partial charge in [0.1, 0.15) is 0 Å². The molecule has 2 aromatic carbocycles. The quantitative estimate of drug-likeness (QED) is 0.664. The first-order valence-electron chi connectivity index (χ1n) is 5.62. The molecule has 0 radical (unpaired) electrons. The van der Waals surface area contributed by atoms with E-state index in [4.69, 9.17) is 11.6 Å². The van der Waals surface area contributed by atoms with E-state index in [0.717, 1.165) is 0 Å². The van der Waals surface area contributed by atoms with Gasteiger partial charge in [-0.25, -0.2) is 4.79 Å². The van der Waals surface area contributed by atoms with Gasteiger partial charge in [-0.05, 0) is 24.3 Å². The molecule has 0 spiro atoms. The number of anilines is 2. The van der Waals surface area contributed by atoms with Gasteiger partial charge in [0, 0.05) is 28.5 Å². The van der Waals surface area contributed by atoms with Gasteiger partial charge < -0.3 is 10.6 Å². The Morgan fingerprint density at radius 2 is 1.65 bits per heavy atom. The number of hydrogen-bond acceptors (Lipinski definition) is 3. The maximum atomic E-state index is 11.7. The van der Waals surface area contributed by atoms with E-state index in [1.165, 1.54) is 18.2 Å². The van der Waals surface area contributed by atoms with Gasteiger partial charge in [0.25, 0.3) is 5.69 Å². The van der Waals surface area contributed by atoms with Gasteiger partial charge in [-0.1, -0.05) is 23.7 Å². The monoisotopic (exact) mass is 291 g/mol. The number of halogens is 1. The molecule has 102 valence electrons. The standard InChI is InChI=1S/C13H10ClN3O3/c14-9-3-1-4-10(7-9)15-13(18)16-11-5-2-6-12(8-11)17(19)20/h1-8H,(H2,15,16,18). The van der Waals surface area contributed by atoms with Crippen LogP contribution in [0.3, 0.4) is 0 Å². The molecule has 2 rings (SSSR count). The fourth-order valence-electron chi connectivity index (χ4n) is 1.56. The van der Waals surface area contributed by atoms with Crippen LogP contribution in [0.2, 0.25) is 5.02 Å². The van der Waals surface area contributed by atoms with Crippen LogP contribution >= 0.6 is 11.6 Å². The normalized spacial score (nSPS) is 9.85. The summed E-state index contributed by atoms with van der Waals surface area (Å²) in [6, 6.07) is 11.8. The maximum absolute atomic E-state index is 11.7. The Balaban J connectivity index is 2.04. The van der Waals surface area contributed by atoms with Crippen LogP contribution in [0, 0.1) is 10.1 Å². The first-order chi connectivity index (χ1) is 9.54. The highest BCUT2D eigenvalue weighted by atomic mass is 35.5. The summed E-state index contributed by atoms with van der Waals surface area (Å²) >= 11 is 5.80. The van der Waals surface area contributed by atoms with E-state index < -0.39 is 11.0 Å². The SMILES string of the molecule is O=C(Nc1cccc(Cl)c1)Nc1cccc([N+](=O)[O-])c1. The minimum Gasteiger partial charge on any atom is -0.308 e. The van der Waals surface area contributed by atoms with E-state index in [1.807, 2.05) is 0 Å². The summed E-state index contributed by atoms with van der Waals surface area (Å²) in [5, 5.41) is 16.2. The lowest BCUT2D eigenvalue weighted by Crippen LogP contribution is -2.19. The molecule has 0 bridgehead atoms. The van der Waals surface area contributed by atoms with Crippen LogP contribution in [0.5, 0.6) is 0 Å². The van der Waals surface area contributed by atoms with Crippen molar-refractivity contribution in [1.29, 1.82) is 0 Å². The molecule has 2 aromatic rings. The van der Waals surface area contributed by atoms with E-state index in [0.29, 0.717) is 16.4 Å². The highest BCUT2D eigenvalue weighted by Crippen LogP contribution is 2.18. The van der Waals surface area contributed by atoms with Crippen molar-refractivity contribution in [3.8, 4) is 0 Å². The van der Waals surface area contributed by atoms with Gasteiger partial charge in [-0.15, -0.1) is 0 Å². The van der Waals surface area contributed by atoms with Crippen molar-refractivity contribution in [2.24, 2.45) is 0 Å². The van der Waals surface area contributed by atoms with E-state index in [9.17, 15) is 14.9 Å². The third-order valence-electron chi connectivity index (χ3n) is 2.40. The molecule has 7 heteroatoms. The molecule has 0 heterocycles. The molecular formula is C13H10ClN3O3. The number of rotatable bonds is 3. The van der Waals surface area contributed by atoms with Crippen LogP contribution in [0.15, 0.2) is 48.5 Å². The lowest BCUT2D eigenvalue weighted by molar-refractivity contribution is -0.384. The van der Waals surface area contributed by atoms with Crippen molar-refractivity contribution in [2.45, 2.75) is 0 Å². The molecule has 2 amide bonds. The zero-order valence-corrected chi connectivity index (χ0v) is 10.9. The topological polar surface area (TPSA) is 84.3 Å². The van der Waals surface area contributed by atoms with Crippen LogP contribution in [-0.2, 0) is 0 Å². The second kappa shape index (κ2) is 6.03. The summed E-state index contributed by atoms with van der Waals surface area (Å²) in [6.45, 7) is 0. The van der Waals surface area contributed by atoms with Crippen LogP contribution in [-0.4, -0.2) is 11.0 Å². The van der Waals surface area contributed by atoms with Crippen LogP contribution < -0.4 is 10.6 Å². The molecule has 6 nitrogen and oxygen atoms in total. The fourth-order valence-corrected chi connectivity index (χ4v) is 1.75. The van der Waals surface area contributed by atoms with Gasteiger partial charge in [0.2, 0.25) is 0 Å². The second-order valence-electron chi connectivity index (χ2n) is 3.90. The van der Waals surface area contributed by atoms with Gasteiger partial charge in [0.05, 0.1) is 4.92 Å². The predicted octanol–water partition coefficient (Wildman–Crippen LogP) is 3.89. The summed E-state index contributed by atoms with van der Waals surface area (Å²) < 4.78 is 0. The number of urea groups is 1. The number of hydrogen-bond donors (Lipinski definition) is 2. The highest BCUT2D eigenvalue weighted by Gasteiger charge is 2.08. The average Bonchev–Trinajstić information content (AvgIpc) is 2.38.